The predicted octanol–water partition coefficient (Wildman–Crippen LogP) is 3.46. The largest absolute Gasteiger partial charge is 0.484 e. The SMILES string of the molecule is CCNC(=NCc1ccc(C)cc1OCC(F)(F)F)NCCCN1CCC(O)CC1.I. The number of rotatable bonds is 9. The second-order valence-electron chi connectivity index (χ2n) is 7.56. The minimum Gasteiger partial charge on any atom is -0.484 e. The van der Waals surface area contributed by atoms with Crippen LogP contribution in [0.5, 0.6) is 5.75 Å². The molecular weight excluding hydrogens is 524 g/mol. The van der Waals surface area contributed by atoms with Crippen molar-refractivity contribution in [1.82, 2.24) is 15.5 Å². The van der Waals surface area contributed by atoms with E-state index in [4.69, 9.17) is 4.74 Å². The lowest BCUT2D eigenvalue weighted by atomic mass is 10.1. The van der Waals surface area contributed by atoms with Crippen molar-refractivity contribution in [2.45, 2.75) is 51.9 Å². The molecule has 2 rings (SSSR count). The number of hydrogen-bond donors (Lipinski definition) is 3. The highest BCUT2D eigenvalue weighted by Crippen LogP contribution is 2.24. The summed E-state index contributed by atoms with van der Waals surface area (Å²) in [6.45, 7) is 6.87. The molecular formula is C21H34F3IN4O2. The molecule has 1 saturated heterocycles. The van der Waals surface area contributed by atoms with E-state index < -0.39 is 12.8 Å². The molecule has 10 heteroatoms. The first-order valence-electron chi connectivity index (χ1n) is 10.5. The fourth-order valence-electron chi connectivity index (χ4n) is 3.24. The van der Waals surface area contributed by atoms with E-state index >= 15 is 0 Å². The van der Waals surface area contributed by atoms with Crippen LogP contribution in [-0.4, -0.2) is 67.6 Å². The molecule has 3 N–H and O–H groups in total. The van der Waals surface area contributed by atoms with Crippen molar-refractivity contribution in [2.75, 3.05) is 39.3 Å². The summed E-state index contributed by atoms with van der Waals surface area (Å²) in [5.41, 5.74) is 1.43. The van der Waals surface area contributed by atoms with E-state index in [0.29, 0.717) is 18.1 Å². The summed E-state index contributed by atoms with van der Waals surface area (Å²) in [6, 6.07) is 5.19. The fraction of sp³-hybridized carbons (Fsp3) is 0.667. The van der Waals surface area contributed by atoms with Crippen LogP contribution in [0.25, 0.3) is 0 Å². The molecule has 0 spiro atoms. The molecule has 0 radical (unpaired) electrons. The van der Waals surface area contributed by atoms with E-state index in [2.05, 4.69) is 20.5 Å². The van der Waals surface area contributed by atoms with Gasteiger partial charge in [-0.3, -0.25) is 0 Å². The van der Waals surface area contributed by atoms with Crippen molar-refractivity contribution >= 4 is 29.9 Å². The van der Waals surface area contributed by atoms with E-state index in [1.165, 1.54) is 0 Å². The molecule has 1 aromatic rings. The van der Waals surface area contributed by atoms with Crippen LogP contribution in [0, 0.1) is 6.92 Å². The first-order chi connectivity index (χ1) is 14.3. The van der Waals surface area contributed by atoms with Gasteiger partial charge in [0.15, 0.2) is 12.6 Å². The normalized spacial score (nSPS) is 16.0. The molecule has 0 bridgehead atoms. The maximum atomic E-state index is 12.5. The van der Waals surface area contributed by atoms with E-state index in [9.17, 15) is 18.3 Å². The number of aliphatic hydroxyl groups is 1. The summed E-state index contributed by atoms with van der Waals surface area (Å²) in [6.07, 6.45) is -1.96. The lowest BCUT2D eigenvalue weighted by molar-refractivity contribution is -0.153. The highest BCUT2D eigenvalue weighted by Gasteiger charge is 2.28. The highest BCUT2D eigenvalue weighted by atomic mass is 127. The summed E-state index contributed by atoms with van der Waals surface area (Å²) < 4.78 is 42.6. The number of piperidine rings is 1. The zero-order valence-corrected chi connectivity index (χ0v) is 20.5. The summed E-state index contributed by atoms with van der Waals surface area (Å²) in [5, 5.41) is 16.0. The van der Waals surface area contributed by atoms with Gasteiger partial charge in [-0.25, -0.2) is 4.99 Å². The molecule has 0 aliphatic carbocycles. The number of ether oxygens (including phenoxy) is 1. The van der Waals surface area contributed by atoms with Crippen LogP contribution in [0.1, 0.15) is 37.3 Å². The molecule has 31 heavy (non-hydrogen) atoms. The van der Waals surface area contributed by atoms with Gasteiger partial charge in [0.25, 0.3) is 0 Å². The average Bonchev–Trinajstić information content (AvgIpc) is 2.69. The number of hydrogen-bond acceptors (Lipinski definition) is 4. The van der Waals surface area contributed by atoms with E-state index in [-0.39, 0.29) is 42.4 Å². The van der Waals surface area contributed by atoms with Crippen LogP contribution in [-0.2, 0) is 6.54 Å². The molecule has 0 amide bonds. The Morgan fingerprint density at radius 3 is 2.61 bits per heavy atom. The van der Waals surface area contributed by atoms with Gasteiger partial charge in [-0.1, -0.05) is 12.1 Å². The third-order valence-corrected chi connectivity index (χ3v) is 4.87. The Morgan fingerprint density at radius 1 is 1.26 bits per heavy atom. The van der Waals surface area contributed by atoms with Crippen molar-refractivity contribution < 1.29 is 23.0 Å². The van der Waals surface area contributed by atoms with E-state index in [1.807, 2.05) is 19.9 Å². The number of aryl methyl sites for hydroxylation is 1. The standard InChI is InChI=1S/C21H33F3N4O2.HI/c1-3-25-20(26-9-4-10-28-11-7-18(29)8-12-28)27-14-17-6-5-16(2)13-19(17)30-15-21(22,23)24;/h5-6,13,18,29H,3-4,7-12,14-15H2,1-2H3,(H2,25,26,27);1H. The molecule has 6 nitrogen and oxygen atoms in total. The van der Waals surface area contributed by atoms with Gasteiger partial charge in [0.05, 0.1) is 12.6 Å². The van der Waals surface area contributed by atoms with Crippen LogP contribution in [0.2, 0.25) is 0 Å². The number of halogens is 4. The smallest absolute Gasteiger partial charge is 0.422 e. The van der Waals surface area contributed by atoms with Crippen LogP contribution in [0.3, 0.4) is 0 Å². The van der Waals surface area contributed by atoms with Gasteiger partial charge >= 0.3 is 6.18 Å². The Morgan fingerprint density at radius 2 is 1.97 bits per heavy atom. The maximum absolute atomic E-state index is 12.5. The van der Waals surface area contributed by atoms with Crippen LogP contribution in [0.15, 0.2) is 23.2 Å². The van der Waals surface area contributed by atoms with Gasteiger partial charge in [-0.15, -0.1) is 24.0 Å². The summed E-state index contributed by atoms with van der Waals surface area (Å²) in [7, 11) is 0. The van der Waals surface area contributed by atoms with Crippen LogP contribution < -0.4 is 15.4 Å². The summed E-state index contributed by atoms with van der Waals surface area (Å²) in [5.74, 6) is 0.827. The lowest BCUT2D eigenvalue weighted by Crippen LogP contribution is -2.40. The summed E-state index contributed by atoms with van der Waals surface area (Å²) >= 11 is 0. The number of nitrogens with zero attached hydrogens (tertiary/aromatic N) is 2. The molecule has 1 aliphatic rings. The van der Waals surface area contributed by atoms with Crippen LogP contribution >= 0.6 is 24.0 Å². The first-order valence-corrected chi connectivity index (χ1v) is 10.5. The number of likely N-dealkylation sites (tertiary alicyclic amines) is 1. The number of nitrogens with one attached hydrogen (secondary N) is 2. The first kappa shape index (κ1) is 27.8. The molecule has 1 heterocycles. The highest BCUT2D eigenvalue weighted by molar-refractivity contribution is 14.0. The number of benzene rings is 1. The van der Waals surface area contributed by atoms with E-state index in [1.54, 1.807) is 12.1 Å². The lowest BCUT2D eigenvalue weighted by Gasteiger charge is -2.29. The average molecular weight is 558 g/mol. The summed E-state index contributed by atoms with van der Waals surface area (Å²) in [4.78, 5) is 6.84. The van der Waals surface area contributed by atoms with Gasteiger partial charge in [0.2, 0.25) is 0 Å². The number of alkyl halides is 3. The third-order valence-electron chi connectivity index (χ3n) is 4.87. The van der Waals surface area contributed by atoms with Gasteiger partial charge in [-0.05, 0) is 51.3 Å². The predicted molar refractivity (Wildman–Crippen MR) is 127 cm³/mol. The second kappa shape index (κ2) is 14.0. The number of guanidine groups is 1. The number of aliphatic imine (C=N–C) groups is 1. The van der Waals surface area contributed by atoms with E-state index in [0.717, 1.165) is 51.0 Å². The van der Waals surface area contributed by atoms with Crippen molar-refractivity contribution in [1.29, 1.82) is 0 Å². The monoisotopic (exact) mass is 558 g/mol. The Labute approximate surface area is 199 Å². The third kappa shape index (κ3) is 11.2. The molecule has 1 aromatic carbocycles. The maximum Gasteiger partial charge on any atom is 0.422 e. The van der Waals surface area contributed by atoms with Gasteiger partial charge in [0, 0.05) is 31.7 Å². The van der Waals surface area contributed by atoms with Crippen molar-refractivity contribution in [3.63, 3.8) is 0 Å². The molecule has 1 fully saturated rings. The van der Waals surface area contributed by atoms with Gasteiger partial charge in [0.1, 0.15) is 5.75 Å². The van der Waals surface area contributed by atoms with Crippen LogP contribution in [0.4, 0.5) is 13.2 Å². The minimum atomic E-state index is -4.38. The molecule has 0 saturated carbocycles. The minimum absolute atomic E-state index is 0. The number of aliphatic hydroxyl groups excluding tert-OH is 1. The molecule has 178 valence electrons. The Balaban J connectivity index is 0.00000480. The van der Waals surface area contributed by atoms with Crippen molar-refractivity contribution in [2.24, 2.45) is 4.99 Å². The molecule has 1 aliphatic heterocycles. The molecule has 0 aromatic heterocycles. The quantitative estimate of drug-likeness (QED) is 0.188. The topological polar surface area (TPSA) is 69.1 Å². The fourth-order valence-corrected chi connectivity index (χ4v) is 3.24. The van der Waals surface area contributed by atoms with Gasteiger partial charge < -0.3 is 25.4 Å². The van der Waals surface area contributed by atoms with Crippen molar-refractivity contribution in [3.8, 4) is 5.75 Å². The molecule has 0 unspecified atom stereocenters. The van der Waals surface area contributed by atoms with Crippen molar-refractivity contribution in [3.05, 3.63) is 29.3 Å². The van der Waals surface area contributed by atoms with Gasteiger partial charge in [-0.2, -0.15) is 13.2 Å². The Bertz CT molecular complexity index is 681. The molecule has 0 atom stereocenters. The Kier molecular flexibility index (Phi) is 12.5. The zero-order chi connectivity index (χ0) is 22.0. The second-order valence-corrected chi connectivity index (χ2v) is 7.56. The Hall–Kier alpha value is -1.27. The zero-order valence-electron chi connectivity index (χ0n) is 18.2.